The van der Waals surface area contributed by atoms with Gasteiger partial charge in [-0.15, -0.1) is 0 Å². The van der Waals surface area contributed by atoms with Gasteiger partial charge in [-0.2, -0.15) is 0 Å². The van der Waals surface area contributed by atoms with Gasteiger partial charge in [0.25, 0.3) is 0 Å². The topological polar surface area (TPSA) is 95.9 Å². The molecule has 35 heavy (non-hydrogen) atoms. The number of hydrogen-bond donors (Lipinski definition) is 2. The van der Waals surface area contributed by atoms with Gasteiger partial charge in [-0.1, -0.05) is 68.8 Å². The van der Waals surface area contributed by atoms with Crippen LogP contribution in [0, 0.1) is 11.3 Å². The molecule has 2 aliphatic carbocycles. The third kappa shape index (κ3) is 4.28. The number of likely N-dealkylation sites (tertiary alicyclic amines) is 1. The second kappa shape index (κ2) is 9.02. The van der Waals surface area contributed by atoms with Crippen molar-refractivity contribution in [2.24, 2.45) is 11.3 Å². The summed E-state index contributed by atoms with van der Waals surface area (Å²) >= 11 is 0. The molecule has 0 bridgehead atoms. The molecule has 1 heterocycles. The van der Waals surface area contributed by atoms with Gasteiger partial charge in [-0.05, 0) is 41.0 Å². The highest BCUT2D eigenvalue weighted by Gasteiger charge is 2.52. The molecule has 1 saturated heterocycles. The molecule has 0 spiro atoms. The Morgan fingerprint density at radius 1 is 1.03 bits per heavy atom. The molecule has 1 saturated carbocycles. The SMILES string of the molecule is CC1(C)CN(C(=O)CC2CCCC2NC(=O)OCC2c3ccccc3-c3ccccc32)C1C(=O)O. The van der Waals surface area contributed by atoms with Crippen LogP contribution in [0.25, 0.3) is 11.1 Å². The number of carbonyl (C=O) groups is 3. The van der Waals surface area contributed by atoms with Gasteiger partial charge < -0.3 is 20.1 Å². The molecule has 2 aromatic carbocycles. The molecule has 5 rings (SSSR count). The van der Waals surface area contributed by atoms with E-state index in [0.717, 1.165) is 30.4 Å². The summed E-state index contributed by atoms with van der Waals surface area (Å²) in [6.45, 7) is 4.43. The number of rotatable bonds is 6. The zero-order valence-corrected chi connectivity index (χ0v) is 20.2. The number of nitrogens with zero attached hydrogens (tertiary/aromatic N) is 1. The minimum Gasteiger partial charge on any atom is -0.480 e. The third-order valence-corrected chi connectivity index (χ3v) is 7.93. The van der Waals surface area contributed by atoms with E-state index in [1.54, 1.807) is 0 Å². The van der Waals surface area contributed by atoms with Gasteiger partial charge in [-0.3, -0.25) is 4.79 Å². The van der Waals surface area contributed by atoms with E-state index in [2.05, 4.69) is 29.6 Å². The van der Waals surface area contributed by atoms with Crippen molar-refractivity contribution >= 4 is 18.0 Å². The number of aliphatic carboxylic acids is 1. The Bertz CT molecular complexity index is 1110. The molecule has 0 radical (unpaired) electrons. The Morgan fingerprint density at radius 2 is 1.66 bits per heavy atom. The number of carboxylic acids is 1. The number of alkyl carbamates (subject to hydrolysis) is 1. The molecule has 3 aliphatic rings. The number of amides is 2. The lowest BCUT2D eigenvalue weighted by atomic mass is 9.74. The number of carboxylic acid groups (broad SMARTS) is 1. The zero-order chi connectivity index (χ0) is 24.7. The molecule has 2 N–H and O–H groups in total. The molecular weight excluding hydrogens is 444 g/mol. The van der Waals surface area contributed by atoms with Crippen LogP contribution in [-0.2, 0) is 14.3 Å². The Hall–Kier alpha value is -3.35. The third-order valence-electron chi connectivity index (χ3n) is 7.93. The van der Waals surface area contributed by atoms with Gasteiger partial charge in [0.05, 0.1) is 0 Å². The highest BCUT2D eigenvalue weighted by atomic mass is 16.5. The standard InChI is InChI=1S/C28H32N2O5/c1-28(2)16-30(25(28)26(32)33)24(31)14-17-8-7-13-23(17)29-27(34)35-15-22-20-11-5-3-9-18(20)19-10-4-6-12-21(19)22/h3-6,9-12,17,22-23,25H,7-8,13-16H2,1-2H3,(H,29,34)(H,32,33). The first-order valence-electron chi connectivity index (χ1n) is 12.4. The summed E-state index contributed by atoms with van der Waals surface area (Å²) in [7, 11) is 0. The van der Waals surface area contributed by atoms with E-state index in [1.807, 2.05) is 38.1 Å². The van der Waals surface area contributed by atoms with Gasteiger partial charge in [0.2, 0.25) is 5.91 Å². The number of hydrogen-bond acceptors (Lipinski definition) is 4. The quantitative estimate of drug-likeness (QED) is 0.644. The Morgan fingerprint density at radius 3 is 2.26 bits per heavy atom. The molecule has 3 unspecified atom stereocenters. The maximum absolute atomic E-state index is 12.9. The number of fused-ring (bicyclic) bond motifs is 3. The fourth-order valence-electron chi connectivity index (χ4n) is 6.23. The summed E-state index contributed by atoms with van der Waals surface area (Å²) in [6, 6.07) is 15.5. The van der Waals surface area contributed by atoms with Crippen molar-refractivity contribution in [2.45, 2.75) is 57.5 Å². The van der Waals surface area contributed by atoms with Gasteiger partial charge in [-0.25, -0.2) is 9.59 Å². The monoisotopic (exact) mass is 476 g/mol. The smallest absolute Gasteiger partial charge is 0.407 e. The number of nitrogens with one attached hydrogen (secondary N) is 1. The summed E-state index contributed by atoms with van der Waals surface area (Å²) in [5.74, 6) is -1.13. The molecule has 1 aliphatic heterocycles. The highest BCUT2D eigenvalue weighted by molar-refractivity contribution is 5.86. The molecular formula is C28H32N2O5. The molecule has 2 amide bonds. The van der Waals surface area contributed by atoms with Crippen LogP contribution in [0.1, 0.15) is 56.6 Å². The van der Waals surface area contributed by atoms with E-state index < -0.39 is 23.5 Å². The van der Waals surface area contributed by atoms with E-state index in [1.165, 1.54) is 16.0 Å². The van der Waals surface area contributed by atoms with Crippen LogP contribution in [0.15, 0.2) is 48.5 Å². The first-order valence-corrected chi connectivity index (χ1v) is 12.4. The maximum atomic E-state index is 12.9. The van der Waals surface area contributed by atoms with Crippen molar-refractivity contribution in [1.82, 2.24) is 10.2 Å². The molecule has 7 heteroatoms. The minimum atomic E-state index is -0.964. The second-order valence-corrected chi connectivity index (χ2v) is 10.7. The van der Waals surface area contributed by atoms with E-state index in [0.29, 0.717) is 6.54 Å². The molecule has 0 aromatic heterocycles. The van der Waals surface area contributed by atoms with Crippen LogP contribution in [0.5, 0.6) is 0 Å². The van der Waals surface area contributed by atoms with Crippen molar-refractivity contribution in [1.29, 1.82) is 0 Å². The van der Waals surface area contributed by atoms with Crippen molar-refractivity contribution in [3.8, 4) is 11.1 Å². The normalized spacial score (nSPS) is 24.3. The fourth-order valence-corrected chi connectivity index (χ4v) is 6.23. The highest BCUT2D eigenvalue weighted by Crippen LogP contribution is 2.44. The predicted octanol–water partition coefficient (Wildman–Crippen LogP) is 4.41. The Kier molecular flexibility index (Phi) is 6.03. The fraction of sp³-hybridized carbons (Fsp3) is 0.464. The zero-order valence-electron chi connectivity index (χ0n) is 20.2. The lowest BCUT2D eigenvalue weighted by Crippen LogP contribution is -2.67. The van der Waals surface area contributed by atoms with E-state index in [4.69, 9.17) is 4.74 Å². The number of benzene rings is 2. The van der Waals surface area contributed by atoms with Crippen molar-refractivity contribution in [2.75, 3.05) is 13.2 Å². The summed E-state index contributed by atoms with van der Waals surface area (Å²) in [6.07, 6.45) is 2.31. The van der Waals surface area contributed by atoms with Gasteiger partial charge in [0.1, 0.15) is 12.6 Å². The van der Waals surface area contributed by atoms with Gasteiger partial charge >= 0.3 is 12.1 Å². The first-order chi connectivity index (χ1) is 16.8. The van der Waals surface area contributed by atoms with Crippen LogP contribution in [-0.4, -0.2) is 53.2 Å². The van der Waals surface area contributed by atoms with Gasteiger partial charge in [0.15, 0.2) is 0 Å². The number of carbonyl (C=O) groups excluding carboxylic acids is 2. The van der Waals surface area contributed by atoms with Crippen molar-refractivity contribution < 1.29 is 24.2 Å². The summed E-state index contributed by atoms with van der Waals surface area (Å²) in [4.78, 5) is 38.7. The first kappa shape index (κ1) is 23.4. The van der Waals surface area contributed by atoms with E-state index in [9.17, 15) is 19.5 Å². The average molecular weight is 477 g/mol. The van der Waals surface area contributed by atoms with Crippen molar-refractivity contribution in [3.63, 3.8) is 0 Å². The van der Waals surface area contributed by atoms with Crippen LogP contribution in [0.2, 0.25) is 0 Å². The summed E-state index contributed by atoms with van der Waals surface area (Å²) < 4.78 is 5.69. The van der Waals surface area contributed by atoms with Crippen LogP contribution in [0.3, 0.4) is 0 Å². The molecule has 2 aromatic rings. The molecule has 2 fully saturated rings. The minimum absolute atomic E-state index is 0.00294. The predicted molar refractivity (Wildman–Crippen MR) is 131 cm³/mol. The molecule has 7 nitrogen and oxygen atoms in total. The van der Waals surface area contributed by atoms with E-state index >= 15 is 0 Å². The lowest BCUT2D eigenvalue weighted by molar-refractivity contribution is -0.172. The van der Waals surface area contributed by atoms with Crippen LogP contribution in [0.4, 0.5) is 4.79 Å². The largest absolute Gasteiger partial charge is 0.480 e. The van der Waals surface area contributed by atoms with Gasteiger partial charge in [0, 0.05) is 30.3 Å². The average Bonchev–Trinajstić information content (AvgIpc) is 3.37. The van der Waals surface area contributed by atoms with Crippen LogP contribution >= 0.6 is 0 Å². The second-order valence-electron chi connectivity index (χ2n) is 10.7. The molecule has 3 atom stereocenters. The van der Waals surface area contributed by atoms with Crippen molar-refractivity contribution in [3.05, 3.63) is 59.7 Å². The summed E-state index contributed by atoms with van der Waals surface area (Å²) in [5, 5.41) is 12.5. The van der Waals surface area contributed by atoms with Crippen LogP contribution < -0.4 is 5.32 Å². The Balaban J connectivity index is 1.18. The summed E-state index contributed by atoms with van der Waals surface area (Å²) in [5.41, 5.74) is 4.27. The maximum Gasteiger partial charge on any atom is 0.407 e. The number of ether oxygens (including phenoxy) is 1. The van der Waals surface area contributed by atoms with E-state index in [-0.39, 0.29) is 36.8 Å². The molecule has 184 valence electrons. The lowest BCUT2D eigenvalue weighted by Gasteiger charge is -2.52. The Labute approximate surface area is 205 Å².